The van der Waals surface area contributed by atoms with E-state index in [0.29, 0.717) is 34.1 Å². The molecule has 0 aliphatic rings. The van der Waals surface area contributed by atoms with E-state index in [1.807, 2.05) is 39.0 Å². The lowest BCUT2D eigenvalue weighted by Crippen LogP contribution is -2.26. The Balaban J connectivity index is 1.63. The maximum atomic E-state index is 12.7. The lowest BCUT2D eigenvalue weighted by atomic mass is 10.1. The van der Waals surface area contributed by atoms with Crippen molar-refractivity contribution in [2.24, 2.45) is 5.73 Å². The van der Waals surface area contributed by atoms with Gasteiger partial charge in [-0.2, -0.15) is 0 Å². The average molecular weight is 449 g/mol. The molecule has 3 aromatic carbocycles. The quantitative estimate of drug-likeness (QED) is 0.487. The van der Waals surface area contributed by atoms with Gasteiger partial charge in [-0.3, -0.25) is 9.59 Å². The van der Waals surface area contributed by atoms with Crippen LogP contribution >= 0.6 is 0 Å². The van der Waals surface area contributed by atoms with Crippen LogP contribution < -0.4 is 25.3 Å². The molecule has 33 heavy (non-hydrogen) atoms. The van der Waals surface area contributed by atoms with E-state index in [1.54, 1.807) is 55.6 Å². The molecular weight excluding hydrogens is 420 g/mol. The molecule has 3 aromatic rings. The zero-order chi connectivity index (χ0) is 24.0. The molecule has 0 aliphatic carbocycles. The number of nitrogens with one attached hydrogen (secondary N) is 1. The number of benzene rings is 3. The number of hydrogen-bond acceptors (Lipinski definition) is 5. The number of hydrogen-bond donors (Lipinski definition) is 2. The van der Waals surface area contributed by atoms with Crippen LogP contribution in [0.5, 0.6) is 23.0 Å². The Labute approximate surface area is 193 Å². The number of carbonyl (C=O) groups excluding carboxylic acids is 2. The molecule has 7 nitrogen and oxygen atoms in total. The van der Waals surface area contributed by atoms with Gasteiger partial charge in [0.25, 0.3) is 5.91 Å². The molecule has 0 radical (unpaired) electrons. The Kier molecular flexibility index (Phi) is 7.56. The Bertz CT molecular complexity index is 1110. The van der Waals surface area contributed by atoms with Crippen LogP contribution in [0.1, 0.15) is 53.1 Å². The van der Waals surface area contributed by atoms with Crippen LogP contribution in [0, 0.1) is 0 Å². The largest absolute Gasteiger partial charge is 0.493 e. The van der Waals surface area contributed by atoms with E-state index in [-0.39, 0.29) is 18.1 Å². The normalized spacial score (nSPS) is 11.5. The van der Waals surface area contributed by atoms with Crippen molar-refractivity contribution in [1.82, 2.24) is 5.32 Å². The van der Waals surface area contributed by atoms with E-state index in [4.69, 9.17) is 19.9 Å². The molecule has 172 valence electrons. The van der Waals surface area contributed by atoms with E-state index in [9.17, 15) is 9.59 Å². The second-order valence-electron chi connectivity index (χ2n) is 7.79. The summed E-state index contributed by atoms with van der Waals surface area (Å²) in [6, 6.07) is 18.7. The summed E-state index contributed by atoms with van der Waals surface area (Å²) in [7, 11) is 1.59. The minimum Gasteiger partial charge on any atom is -0.493 e. The van der Waals surface area contributed by atoms with Gasteiger partial charge in [-0.25, -0.2) is 0 Å². The van der Waals surface area contributed by atoms with Gasteiger partial charge in [0.2, 0.25) is 5.91 Å². The molecule has 1 unspecified atom stereocenters. The topological polar surface area (TPSA) is 99.9 Å². The van der Waals surface area contributed by atoms with Crippen LogP contribution in [-0.2, 0) is 0 Å². The summed E-state index contributed by atoms with van der Waals surface area (Å²) >= 11 is 0. The molecule has 0 saturated carbocycles. The molecule has 0 bridgehead atoms. The number of amides is 2. The standard InChI is InChI=1S/C26H28N2O5/c1-16(2)32-23-14-9-20(15-24(23)31-4)17(3)28-26(30)19-7-12-22(13-8-19)33-21-10-5-18(6-11-21)25(27)29/h5-17H,1-4H3,(H2,27,29)(H,28,30). The van der Waals surface area contributed by atoms with E-state index < -0.39 is 5.91 Å². The van der Waals surface area contributed by atoms with Crippen molar-refractivity contribution in [2.45, 2.75) is 32.9 Å². The van der Waals surface area contributed by atoms with E-state index in [2.05, 4.69) is 5.32 Å². The van der Waals surface area contributed by atoms with Gasteiger partial charge in [-0.1, -0.05) is 6.07 Å². The molecule has 3 N–H and O–H groups in total. The highest BCUT2D eigenvalue weighted by atomic mass is 16.5. The summed E-state index contributed by atoms with van der Waals surface area (Å²) in [4.78, 5) is 23.9. The molecule has 3 rings (SSSR count). The Morgan fingerprint density at radius 2 is 1.39 bits per heavy atom. The monoisotopic (exact) mass is 448 g/mol. The number of rotatable bonds is 9. The Hall–Kier alpha value is -4.00. The number of nitrogens with two attached hydrogens (primary N) is 1. The molecule has 0 aliphatic heterocycles. The van der Waals surface area contributed by atoms with Crippen LogP contribution in [0.2, 0.25) is 0 Å². The average Bonchev–Trinajstić information content (AvgIpc) is 2.79. The molecule has 2 amide bonds. The Morgan fingerprint density at radius 3 is 1.91 bits per heavy atom. The van der Waals surface area contributed by atoms with Crippen LogP contribution in [-0.4, -0.2) is 25.0 Å². The van der Waals surface area contributed by atoms with E-state index >= 15 is 0 Å². The van der Waals surface area contributed by atoms with E-state index in [1.165, 1.54) is 0 Å². The van der Waals surface area contributed by atoms with Crippen LogP contribution in [0.4, 0.5) is 0 Å². The first-order valence-electron chi connectivity index (χ1n) is 10.6. The fourth-order valence-corrected chi connectivity index (χ4v) is 3.17. The summed E-state index contributed by atoms with van der Waals surface area (Å²) in [5.74, 6) is 1.70. The van der Waals surface area contributed by atoms with Gasteiger partial charge in [0, 0.05) is 11.1 Å². The molecule has 1 atom stereocenters. The van der Waals surface area contributed by atoms with Crippen molar-refractivity contribution in [3.63, 3.8) is 0 Å². The van der Waals surface area contributed by atoms with Crippen molar-refractivity contribution >= 4 is 11.8 Å². The van der Waals surface area contributed by atoms with Crippen molar-refractivity contribution in [3.05, 3.63) is 83.4 Å². The summed E-state index contributed by atoms with van der Waals surface area (Å²) < 4.78 is 16.9. The van der Waals surface area contributed by atoms with Gasteiger partial charge in [0.1, 0.15) is 11.5 Å². The second-order valence-corrected chi connectivity index (χ2v) is 7.79. The van der Waals surface area contributed by atoms with Crippen LogP contribution in [0.25, 0.3) is 0 Å². The Morgan fingerprint density at radius 1 is 0.818 bits per heavy atom. The van der Waals surface area contributed by atoms with Gasteiger partial charge in [0.15, 0.2) is 11.5 Å². The van der Waals surface area contributed by atoms with Gasteiger partial charge in [-0.05, 0) is 87.0 Å². The zero-order valence-electron chi connectivity index (χ0n) is 19.1. The summed E-state index contributed by atoms with van der Waals surface area (Å²) in [6.45, 7) is 5.81. The first-order chi connectivity index (χ1) is 15.8. The number of ether oxygens (including phenoxy) is 3. The smallest absolute Gasteiger partial charge is 0.251 e. The SMILES string of the molecule is COc1cc(C(C)NC(=O)c2ccc(Oc3ccc(C(N)=O)cc3)cc2)ccc1OC(C)C. The summed E-state index contributed by atoms with van der Waals surface area (Å²) in [6.07, 6.45) is 0.0309. The molecule has 0 fully saturated rings. The van der Waals surface area contributed by atoms with Crippen molar-refractivity contribution in [3.8, 4) is 23.0 Å². The van der Waals surface area contributed by atoms with Gasteiger partial charge in [0.05, 0.1) is 19.3 Å². The molecule has 0 aromatic heterocycles. The summed E-state index contributed by atoms with van der Waals surface area (Å²) in [5, 5.41) is 2.99. The highest BCUT2D eigenvalue weighted by Gasteiger charge is 2.15. The highest BCUT2D eigenvalue weighted by Crippen LogP contribution is 2.31. The van der Waals surface area contributed by atoms with Crippen molar-refractivity contribution in [1.29, 1.82) is 0 Å². The molecule has 0 spiro atoms. The van der Waals surface area contributed by atoms with Crippen LogP contribution in [0.3, 0.4) is 0 Å². The first-order valence-corrected chi connectivity index (χ1v) is 10.6. The van der Waals surface area contributed by atoms with Crippen molar-refractivity contribution < 1.29 is 23.8 Å². The van der Waals surface area contributed by atoms with E-state index in [0.717, 1.165) is 5.56 Å². The van der Waals surface area contributed by atoms with Gasteiger partial charge < -0.3 is 25.3 Å². The lowest BCUT2D eigenvalue weighted by molar-refractivity contribution is 0.0938. The fourth-order valence-electron chi connectivity index (χ4n) is 3.17. The molecule has 7 heteroatoms. The minimum atomic E-state index is -0.496. The summed E-state index contributed by atoms with van der Waals surface area (Å²) in [5.41, 5.74) is 7.05. The highest BCUT2D eigenvalue weighted by molar-refractivity contribution is 5.94. The fraction of sp³-hybridized carbons (Fsp3) is 0.231. The third-order valence-electron chi connectivity index (χ3n) is 4.89. The molecule has 0 heterocycles. The maximum absolute atomic E-state index is 12.7. The number of carbonyl (C=O) groups is 2. The van der Waals surface area contributed by atoms with Crippen LogP contribution in [0.15, 0.2) is 66.7 Å². The predicted molar refractivity (Wildman–Crippen MR) is 126 cm³/mol. The van der Waals surface area contributed by atoms with Crippen molar-refractivity contribution in [2.75, 3.05) is 7.11 Å². The zero-order valence-corrected chi connectivity index (χ0v) is 19.1. The first kappa shape index (κ1) is 23.7. The molecular formula is C26H28N2O5. The second kappa shape index (κ2) is 10.5. The van der Waals surface area contributed by atoms with Gasteiger partial charge in [-0.15, -0.1) is 0 Å². The predicted octanol–water partition coefficient (Wildman–Crippen LogP) is 4.86. The van der Waals surface area contributed by atoms with Gasteiger partial charge >= 0.3 is 0 Å². The molecule has 0 saturated heterocycles. The number of methoxy groups -OCH3 is 1. The lowest BCUT2D eigenvalue weighted by Gasteiger charge is -2.18. The third kappa shape index (κ3) is 6.26. The maximum Gasteiger partial charge on any atom is 0.251 e. The third-order valence-corrected chi connectivity index (χ3v) is 4.89. The number of primary amides is 1. The minimum absolute atomic E-state index is 0.0309.